The summed E-state index contributed by atoms with van der Waals surface area (Å²) in [4.78, 5) is 1.25. The van der Waals surface area contributed by atoms with E-state index < -0.39 is 0 Å². The van der Waals surface area contributed by atoms with Gasteiger partial charge in [0.2, 0.25) is 5.88 Å². The highest BCUT2D eigenvalue weighted by molar-refractivity contribution is 7.06. The molecule has 1 unspecified atom stereocenters. The van der Waals surface area contributed by atoms with Gasteiger partial charge in [0, 0.05) is 17.0 Å². The van der Waals surface area contributed by atoms with Crippen molar-refractivity contribution in [2.24, 2.45) is 5.92 Å². The summed E-state index contributed by atoms with van der Waals surface area (Å²) in [5, 5.41) is 3.51. The molecule has 1 aliphatic rings. The molecular weight excluding hydrogens is 196 g/mol. The van der Waals surface area contributed by atoms with Crippen LogP contribution in [0.2, 0.25) is 0 Å². The minimum absolute atomic E-state index is 0.400. The summed E-state index contributed by atoms with van der Waals surface area (Å²) >= 11 is 1.52. The van der Waals surface area contributed by atoms with Crippen molar-refractivity contribution in [1.29, 1.82) is 0 Å². The number of methoxy groups -OCH3 is 1. The topological polar surface area (TPSA) is 34.1 Å². The largest absolute Gasteiger partial charge is 0.480 e. The van der Waals surface area contributed by atoms with Crippen LogP contribution in [0.4, 0.5) is 0 Å². The second kappa shape index (κ2) is 4.28. The molecule has 14 heavy (non-hydrogen) atoms. The maximum absolute atomic E-state index is 5.05. The first-order valence-corrected chi connectivity index (χ1v) is 5.81. The van der Waals surface area contributed by atoms with E-state index in [0.29, 0.717) is 6.04 Å². The zero-order chi connectivity index (χ0) is 9.97. The van der Waals surface area contributed by atoms with Gasteiger partial charge < -0.3 is 10.1 Å². The van der Waals surface area contributed by atoms with Gasteiger partial charge in [-0.25, -0.2) is 0 Å². The second-order valence-electron chi connectivity index (χ2n) is 3.84. The molecule has 2 rings (SSSR count). The molecule has 0 radical (unpaired) electrons. The highest BCUT2D eigenvalue weighted by Gasteiger charge is 2.22. The number of nitrogens with zero attached hydrogens (tertiary/aromatic N) is 1. The third kappa shape index (κ3) is 2.45. The van der Waals surface area contributed by atoms with E-state index in [0.717, 1.165) is 18.3 Å². The van der Waals surface area contributed by atoms with E-state index in [2.05, 4.69) is 16.6 Å². The molecule has 1 aromatic rings. The molecule has 0 amide bonds. The van der Waals surface area contributed by atoms with Crippen molar-refractivity contribution in [3.05, 3.63) is 10.9 Å². The van der Waals surface area contributed by atoms with E-state index in [1.165, 1.54) is 29.3 Å². The van der Waals surface area contributed by atoms with Crippen molar-refractivity contribution in [2.75, 3.05) is 13.7 Å². The van der Waals surface area contributed by atoms with Crippen molar-refractivity contribution in [1.82, 2.24) is 9.69 Å². The highest BCUT2D eigenvalue weighted by atomic mass is 32.1. The fraction of sp³-hybridized carbons (Fsp3) is 0.700. The Balaban J connectivity index is 1.85. The molecule has 1 heterocycles. The van der Waals surface area contributed by atoms with Crippen LogP contribution < -0.4 is 10.1 Å². The molecule has 0 spiro atoms. The lowest BCUT2D eigenvalue weighted by atomic mass is 10.2. The van der Waals surface area contributed by atoms with Crippen molar-refractivity contribution >= 4 is 11.5 Å². The fourth-order valence-electron chi connectivity index (χ4n) is 1.34. The van der Waals surface area contributed by atoms with Gasteiger partial charge in [-0.2, -0.15) is 4.37 Å². The zero-order valence-corrected chi connectivity index (χ0v) is 9.43. The molecule has 0 saturated heterocycles. The van der Waals surface area contributed by atoms with E-state index in [-0.39, 0.29) is 0 Å². The average molecular weight is 212 g/mol. The van der Waals surface area contributed by atoms with Gasteiger partial charge in [0.05, 0.1) is 7.11 Å². The number of aromatic nitrogens is 1. The third-order valence-corrected chi connectivity index (χ3v) is 3.51. The summed E-state index contributed by atoms with van der Waals surface area (Å²) in [7, 11) is 1.65. The van der Waals surface area contributed by atoms with Crippen LogP contribution in [0.1, 0.15) is 30.7 Å². The van der Waals surface area contributed by atoms with Gasteiger partial charge in [-0.1, -0.05) is 0 Å². The number of rotatable bonds is 5. The van der Waals surface area contributed by atoms with Gasteiger partial charge in [-0.3, -0.25) is 0 Å². The highest BCUT2D eigenvalue weighted by Crippen LogP contribution is 2.29. The van der Waals surface area contributed by atoms with E-state index in [1.54, 1.807) is 7.11 Å². The van der Waals surface area contributed by atoms with Crippen LogP contribution in [0.25, 0.3) is 0 Å². The summed E-state index contributed by atoms with van der Waals surface area (Å²) in [5.74, 6) is 1.65. The Morgan fingerprint density at radius 3 is 3.07 bits per heavy atom. The van der Waals surface area contributed by atoms with Crippen LogP contribution in [-0.2, 0) is 0 Å². The lowest BCUT2D eigenvalue weighted by Gasteiger charge is -2.10. The second-order valence-corrected chi connectivity index (χ2v) is 4.68. The predicted molar refractivity (Wildman–Crippen MR) is 57.8 cm³/mol. The molecule has 1 aromatic heterocycles. The van der Waals surface area contributed by atoms with E-state index >= 15 is 0 Å². The lowest BCUT2D eigenvalue weighted by molar-refractivity contribution is 0.402. The van der Waals surface area contributed by atoms with Crippen LogP contribution in [-0.4, -0.2) is 18.0 Å². The maximum Gasteiger partial charge on any atom is 0.225 e. The summed E-state index contributed by atoms with van der Waals surface area (Å²) in [5.41, 5.74) is 0. The SMILES string of the molecule is COc1cc(C(C)NCC2CC2)sn1. The molecule has 78 valence electrons. The molecule has 1 aliphatic carbocycles. The minimum atomic E-state index is 0.400. The van der Waals surface area contributed by atoms with Gasteiger partial charge in [-0.15, -0.1) is 0 Å². The molecular formula is C10H16N2OS. The van der Waals surface area contributed by atoms with Crippen LogP contribution >= 0.6 is 11.5 Å². The number of nitrogens with one attached hydrogen (secondary N) is 1. The molecule has 0 aliphatic heterocycles. The Morgan fingerprint density at radius 2 is 2.50 bits per heavy atom. The smallest absolute Gasteiger partial charge is 0.225 e. The fourth-order valence-corrected chi connectivity index (χ4v) is 2.06. The van der Waals surface area contributed by atoms with Crippen LogP contribution in [0.15, 0.2) is 6.07 Å². The molecule has 1 saturated carbocycles. The standard InChI is InChI=1S/C10H16N2OS/c1-7(11-6-8-3-4-8)9-5-10(13-2)12-14-9/h5,7-8,11H,3-4,6H2,1-2H3. The normalized spacial score (nSPS) is 18.1. The summed E-state index contributed by atoms with van der Waals surface area (Å²) < 4.78 is 9.23. The Hall–Kier alpha value is -0.610. The number of hydrogen-bond acceptors (Lipinski definition) is 4. The Morgan fingerprint density at radius 1 is 1.71 bits per heavy atom. The quantitative estimate of drug-likeness (QED) is 0.812. The molecule has 1 atom stereocenters. The first-order valence-electron chi connectivity index (χ1n) is 5.03. The average Bonchev–Trinajstić information content (AvgIpc) is 2.90. The first kappa shape index (κ1) is 9.93. The van der Waals surface area contributed by atoms with Gasteiger partial charge in [-0.05, 0) is 43.8 Å². The molecule has 1 N–H and O–H groups in total. The van der Waals surface area contributed by atoms with E-state index in [4.69, 9.17) is 4.74 Å². The summed E-state index contributed by atoms with van der Waals surface area (Å²) in [6.45, 7) is 3.32. The Bertz CT molecular complexity index is 296. The predicted octanol–water partition coefficient (Wildman–Crippen LogP) is 2.21. The molecule has 4 heteroatoms. The van der Waals surface area contributed by atoms with E-state index in [9.17, 15) is 0 Å². The van der Waals surface area contributed by atoms with Crippen molar-refractivity contribution < 1.29 is 4.74 Å². The summed E-state index contributed by atoms with van der Waals surface area (Å²) in [6, 6.07) is 2.41. The van der Waals surface area contributed by atoms with Crippen LogP contribution in [0, 0.1) is 5.92 Å². The molecule has 1 fully saturated rings. The van der Waals surface area contributed by atoms with Crippen LogP contribution in [0.3, 0.4) is 0 Å². The van der Waals surface area contributed by atoms with Crippen LogP contribution in [0.5, 0.6) is 5.88 Å². The monoisotopic (exact) mass is 212 g/mol. The summed E-state index contributed by atoms with van der Waals surface area (Å²) in [6.07, 6.45) is 2.79. The molecule has 0 aromatic carbocycles. The van der Waals surface area contributed by atoms with Gasteiger partial charge in [0.25, 0.3) is 0 Å². The number of hydrogen-bond donors (Lipinski definition) is 1. The van der Waals surface area contributed by atoms with Gasteiger partial charge >= 0.3 is 0 Å². The first-order chi connectivity index (χ1) is 6.79. The number of ether oxygens (including phenoxy) is 1. The van der Waals surface area contributed by atoms with Crippen molar-refractivity contribution in [3.63, 3.8) is 0 Å². The van der Waals surface area contributed by atoms with E-state index in [1.807, 2.05) is 6.07 Å². The van der Waals surface area contributed by atoms with Gasteiger partial charge in [0.15, 0.2) is 0 Å². The lowest BCUT2D eigenvalue weighted by Crippen LogP contribution is -2.20. The minimum Gasteiger partial charge on any atom is -0.480 e. The third-order valence-electron chi connectivity index (χ3n) is 2.55. The zero-order valence-electron chi connectivity index (χ0n) is 8.62. The van der Waals surface area contributed by atoms with Crippen molar-refractivity contribution in [3.8, 4) is 5.88 Å². The Labute approximate surface area is 88.6 Å². The Kier molecular flexibility index (Phi) is 3.03. The molecule has 3 nitrogen and oxygen atoms in total. The van der Waals surface area contributed by atoms with Crippen molar-refractivity contribution in [2.45, 2.75) is 25.8 Å². The maximum atomic E-state index is 5.05. The van der Waals surface area contributed by atoms with Gasteiger partial charge in [0.1, 0.15) is 0 Å². The molecule has 0 bridgehead atoms.